The van der Waals surface area contributed by atoms with Crippen molar-refractivity contribution in [2.45, 2.75) is 39.2 Å². The number of aliphatic imine (C=N–C) groups is 2. The minimum absolute atomic E-state index is 0.0628. The van der Waals surface area contributed by atoms with E-state index >= 15 is 0 Å². The number of rotatable bonds is 7. The Bertz CT molecular complexity index is 1050. The van der Waals surface area contributed by atoms with Gasteiger partial charge in [0.25, 0.3) is 5.91 Å². The highest BCUT2D eigenvalue weighted by Crippen LogP contribution is 2.22. The fourth-order valence-corrected chi connectivity index (χ4v) is 3.76. The van der Waals surface area contributed by atoms with Crippen LogP contribution in [0.4, 0.5) is 10.1 Å². The molecule has 1 unspecified atom stereocenters. The van der Waals surface area contributed by atoms with Crippen molar-refractivity contribution in [3.8, 4) is 0 Å². The Labute approximate surface area is 181 Å². The molecule has 8 nitrogen and oxygen atoms in total. The van der Waals surface area contributed by atoms with Crippen molar-refractivity contribution < 1.29 is 9.18 Å². The van der Waals surface area contributed by atoms with Crippen LogP contribution in [0, 0.1) is 18.7 Å². The highest BCUT2D eigenvalue weighted by molar-refractivity contribution is 6.04. The second-order valence-corrected chi connectivity index (χ2v) is 8.28. The number of carbonyl (C=O) groups is 1. The molecule has 2 aliphatic rings. The Morgan fingerprint density at radius 1 is 1.39 bits per heavy atom. The fourth-order valence-electron chi connectivity index (χ4n) is 3.76. The average Bonchev–Trinajstić information content (AvgIpc) is 3.30. The molecule has 9 heteroatoms. The van der Waals surface area contributed by atoms with Crippen molar-refractivity contribution in [3.63, 3.8) is 0 Å². The molecule has 1 atom stereocenters. The van der Waals surface area contributed by atoms with Gasteiger partial charge in [0.1, 0.15) is 11.5 Å². The van der Waals surface area contributed by atoms with Gasteiger partial charge in [-0.1, -0.05) is 0 Å². The Morgan fingerprint density at radius 2 is 2.19 bits per heavy atom. The second kappa shape index (κ2) is 8.97. The van der Waals surface area contributed by atoms with Gasteiger partial charge in [0, 0.05) is 37.6 Å². The molecule has 4 rings (SSSR count). The van der Waals surface area contributed by atoms with Crippen molar-refractivity contribution in [3.05, 3.63) is 41.9 Å². The van der Waals surface area contributed by atoms with Gasteiger partial charge in [0.15, 0.2) is 11.5 Å². The topological polar surface area (TPSA) is 86.4 Å². The molecule has 1 saturated carbocycles. The van der Waals surface area contributed by atoms with Crippen LogP contribution in [-0.4, -0.2) is 58.4 Å². The maximum Gasteiger partial charge on any atom is 0.275 e. The molecule has 0 radical (unpaired) electrons. The summed E-state index contributed by atoms with van der Waals surface area (Å²) in [6.45, 7) is 10.1. The lowest BCUT2D eigenvalue weighted by atomic mass is 10.1. The van der Waals surface area contributed by atoms with E-state index in [0.29, 0.717) is 17.3 Å². The predicted molar refractivity (Wildman–Crippen MR) is 120 cm³/mol. The van der Waals surface area contributed by atoms with Crippen LogP contribution in [0.2, 0.25) is 0 Å². The number of fused-ring (bicyclic) bond motifs is 1. The molecule has 0 spiro atoms. The number of imidazole rings is 1. The van der Waals surface area contributed by atoms with Gasteiger partial charge < -0.3 is 19.9 Å². The number of hydrogen-bond donors (Lipinski definition) is 2. The molecule has 2 aromatic rings. The first kappa shape index (κ1) is 21.2. The number of amides is 1. The van der Waals surface area contributed by atoms with Crippen molar-refractivity contribution in [2.24, 2.45) is 15.9 Å². The maximum absolute atomic E-state index is 14.2. The van der Waals surface area contributed by atoms with E-state index in [4.69, 9.17) is 0 Å². The molecular formula is C22H28FN7O. The van der Waals surface area contributed by atoms with Crippen LogP contribution >= 0.6 is 0 Å². The minimum atomic E-state index is -0.517. The van der Waals surface area contributed by atoms with E-state index < -0.39 is 11.7 Å². The summed E-state index contributed by atoms with van der Waals surface area (Å²) in [5.41, 5.74) is 1.26. The molecular weight excluding hydrogens is 397 g/mol. The molecule has 1 amide bonds. The first-order valence-electron chi connectivity index (χ1n) is 10.6. The number of halogens is 1. The number of anilines is 1. The summed E-state index contributed by atoms with van der Waals surface area (Å²) in [4.78, 5) is 27.1. The minimum Gasteiger partial charge on any atom is -0.360 e. The Hall–Kier alpha value is -3.07. The van der Waals surface area contributed by atoms with Gasteiger partial charge >= 0.3 is 0 Å². The van der Waals surface area contributed by atoms with E-state index in [0.717, 1.165) is 37.9 Å². The Kier molecular flexibility index (Phi) is 6.13. The SMILES string of the molecule is C=N/C(=C\N=C(/C)N1CCC(CNC2CC2)C1)C(=O)Nc1cc(F)c2nc(C)cn2c1. The lowest BCUT2D eigenvalue weighted by Gasteiger charge is -2.17. The van der Waals surface area contributed by atoms with Crippen LogP contribution in [0.25, 0.3) is 5.65 Å². The number of nitrogens with one attached hydrogen (secondary N) is 2. The number of hydrogen-bond acceptors (Lipinski definition) is 5. The number of carbonyl (C=O) groups excluding carboxylic acids is 1. The van der Waals surface area contributed by atoms with E-state index in [9.17, 15) is 9.18 Å². The lowest BCUT2D eigenvalue weighted by molar-refractivity contribution is -0.112. The first-order chi connectivity index (χ1) is 14.9. The second-order valence-electron chi connectivity index (χ2n) is 8.28. The van der Waals surface area contributed by atoms with E-state index in [2.05, 4.69) is 37.2 Å². The zero-order valence-electron chi connectivity index (χ0n) is 17.9. The van der Waals surface area contributed by atoms with Crippen molar-refractivity contribution in [1.29, 1.82) is 0 Å². The van der Waals surface area contributed by atoms with Crippen LogP contribution in [0.15, 0.2) is 40.3 Å². The molecule has 2 N–H and O–H groups in total. The van der Waals surface area contributed by atoms with Crippen molar-refractivity contribution in [1.82, 2.24) is 19.6 Å². The van der Waals surface area contributed by atoms with Crippen LogP contribution in [-0.2, 0) is 4.79 Å². The van der Waals surface area contributed by atoms with Gasteiger partial charge in [-0.05, 0) is 52.3 Å². The normalized spacial score (nSPS) is 19.8. The highest BCUT2D eigenvalue weighted by atomic mass is 19.1. The van der Waals surface area contributed by atoms with E-state index in [-0.39, 0.29) is 11.3 Å². The number of aryl methyl sites for hydroxylation is 1. The summed E-state index contributed by atoms with van der Waals surface area (Å²) >= 11 is 0. The third-order valence-electron chi connectivity index (χ3n) is 5.68. The lowest BCUT2D eigenvalue weighted by Crippen LogP contribution is -2.30. The molecule has 31 heavy (non-hydrogen) atoms. The summed E-state index contributed by atoms with van der Waals surface area (Å²) in [6, 6.07) is 1.95. The molecule has 1 aliphatic carbocycles. The van der Waals surface area contributed by atoms with Crippen molar-refractivity contribution >= 4 is 29.8 Å². The average molecular weight is 426 g/mol. The van der Waals surface area contributed by atoms with Gasteiger partial charge in [-0.25, -0.2) is 14.4 Å². The van der Waals surface area contributed by atoms with Crippen LogP contribution in [0.3, 0.4) is 0 Å². The van der Waals surface area contributed by atoms with Gasteiger partial charge in [-0.15, -0.1) is 0 Å². The first-order valence-corrected chi connectivity index (χ1v) is 10.6. The number of aromatic nitrogens is 2. The molecule has 1 aliphatic heterocycles. The van der Waals surface area contributed by atoms with Crippen LogP contribution in [0.5, 0.6) is 0 Å². The maximum atomic E-state index is 14.2. The van der Waals surface area contributed by atoms with E-state index in [1.54, 1.807) is 19.3 Å². The number of likely N-dealkylation sites (tertiary alicyclic amines) is 1. The summed E-state index contributed by atoms with van der Waals surface area (Å²) in [6.07, 6.45) is 8.42. The summed E-state index contributed by atoms with van der Waals surface area (Å²) in [5, 5.41) is 6.23. The van der Waals surface area contributed by atoms with E-state index in [1.165, 1.54) is 29.5 Å². The van der Waals surface area contributed by atoms with Crippen molar-refractivity contribution in [2.75, 3.05) is 25.0 Å². The summed E-state index contributed by atoms with van der Waals surface area (Å²) in [5.74, 6) is 0.433. The van der Waals surface area contributed by atoms with Gasteiger partial charge in [-0.3, -0.25) is 9.79 Å². The summed E-state index contributed by atoms with van der Waals surface area (Å²) < 4.78 is 15.8. The quantitative estimate of drug-likeness (QED) is 0.406. The molecule has 2 aromatic heterocycles. The van der Waals surface area contributed by atoms with Crippen LogP contribution < -0.4 is 10.6 Å². The molecule has 1 saturated heterocycles. The molecule has 3 heterocycles. The molecule has 0 bridgehead atoms. The largest absolute Gasteiger partial charge is 0.360 e. The smallest absolute Gasteiger partial charge is 0.275 e. The third kappa shape index (κ3) is 5.16. The zero-order valence-corrected chi connectivity index (χ0v) is 17.9. The molecule has 164 valence electrons. The van der Waals surface area contributed by atoms with Gasteiger partial charge in [0.2, 0.25) is 0 Å². The fraction of sp³-hybridized carbons (Fsp3) is 0.455. The van der Waals surface area contributed by atoms with Gasteiger partial charge in [-0.2, -0.15) is 0 Å². The van der Waals surface area contributed by atoms with Gasteiger partial charge in [0.05, 0.1) is 17.6 Å². The number of pyridine rings is 1. The predicted octanol–water partition coefficient (Wildman–Crippen LogP) is 2.75. The zero-order chi connectivity index (χ0) is 22.0. The van der Waals surface area contributed by atoms with Crippen LogP contribution in [0.1, 0.15) is 31.9 Å². The molecule has 2 fully saturated rings. The Morgan fingerprint density at radius 3 is 2.94 bits per heavy atom. The number of amidine groups is 1. The monoisotopic (exact) mass is 425 g/mol. The number of nitrogens with zero attached hydrogens (tertiary/aromatic N) is 5. The Balaban J connectivity index is 1.39. The standard InChI is InChI=1S/C22H28FN7O/c1-14-11-30-13-18(8-19(23)21(30)27-14)28-22(31)20(24-3)10-25-15(2)29-7-6-16(12-29)9-26-17-4-5-17/h8,10-11,13,16-17,26H,3-7,9,12H2,1-2H3,(H,28,31)/b20-10-,25-15+. The summed E-state index contributed by atoms with van der Waals surface area (Å²) in [7, 11) is 0. The third-order valence-corrected chi connectivity index (χ3v) is 5.68. The highest BCUT2D eigenvalue weighted by Gasteiger charge is 2.26. The molecule has 0 aromatic carbocycles. The van der Waals surface area contributed by atoms with E-state index in [1.807, 2.05) is 6.92 Å².